The quantitative estimate of drug-likeness (QED) is 0.630. The molecule has 8 heteroatoms. The minimum absolute atomic E-state index is 0.0417. The fraction of sp³-hybridized carbons (Fsp3) is 0.417. The Morgan fingerprint density at radius 3 is 2.65 bits per heavy atom. The average molecular weight is 301 g/mol. The van der Waals surface area contributed by atoms with E-state index in [9.17, 15) is 13.2 Å². The van der Waals surface area contributed by atoms with Crippen molar-refractivity contribution in [3.05, 3.63) is 29.8 Å². The second-order valence-corrected chi connectivity index (χ2v) is 6.38. The summed E-state index contributed by atoms with van der Waals surface area (Å²) in [7, 11) is -2.22. The number of ether oxygens (including phenoxy) is 1. The smallest absolute Gasteiger partial charge is 0.232 e. The fourth-order valence-electron chi connectivity index (χ4n) is 1.64. The Morgan fingerprint density at radius 2 is 2.10 bits per heavy atom. The number of rotatable bonds is 8. The molecule has 0 unspecified atom stereocenters. The van der Waals surface area contributed by atoms with Gasteiger partial charge in [-0.2, -0.15) is 4.31 Å². The lowest BCUT2D eigenvalue weighted by atomic mass is 10.2. The lowest BCUT2D eigenvalue weighted by molar-refractivity contribution is -0.118. The van der Waals surface area contributed by atoms with E-state index in [1.54, 1.807) is 24.3 Å². The van der Waals surface area contributed by atoms with E-state index >= 15 is 0 Å². The number of nitrogens with two attached hydrogens (primary N) is 2. The van der Waals surface area contributed by atoms with Gasteiger partial charge in [-0.3, -0.25) is 4.79 Å². The Kier molecular flexibility index (Phi) is 5.93. The number of anilines is 1. The zero-order valence-electron chi connectivity index (χ0n) is 11.3. The predicted octanol–water partition coefficient (Wildman–Crippen LogP) is -0.468. The van der Waals surface area contributed by atoms with Crippen molar-refractivity contribution in [1.29, 1.82) is 0 Å². The third-order valence-electron chi connectivity index (χ3n) is 2.58. The third kappa shape index (κ3) is 5.16. The van der Waals surface area contributed by atoms with Gasteiger partial charge in [-0.05, 0) is 17.7 Å². The summed E-state index contributed by atoms with van der Waals surface area (Å²) in [6.45, 7) is -0.282. The van der Waals surface area contributed by atoms with Crippen LogP contribution >= 0.6 is 0 Å². The van der Waals surface area contributed by atoms with Crippen molar-refractivity contribution in [3.63, 3.8) is 0 Å². The molecular weight excluding hydrogens is 282 g/mol. The van der Waals surface area contributed by atoms with E-state index in [-0.39, 0.29) is 25.4 Å². The van der Waals surface area contributed by atoms with E-state index in [0.29, 0.717) is 11.3 Å². The number of hydrogen-bond acceptors (Lipinski definition) is 5. The summed E-state index contributed by atoms with van der Waals surface area (Å²) in [5, 5.41) is 0. The van der Waals surface area contributed by atoms with Gasteiger partial charge in [0.25, 0.3) is 0 Å². The monoisotopic (exact) mass is 301 g/mol. The van der Waals surface area contributed by atoms with E-state index in [0.717, 1.165) is 4.31 Å². The van der Waals surface area contributed by atoms with E-state index in [4.69, 9.17) is 16.2 Å². The van der Waals surface area contributed by atoms with Crippen LogP contribution in [-0.2, 0) is 26.1 Å². The molecule has 20 heavy (non-hydrogen) atoms. The van der Waals surface area contributed by atoms with Gasteiger partial charge in [0, 0.05) is 19.3 Å². The standard InChI is InChI=1S/C12H19N3O4S/c1-19-5-6-20(17,18)15(9-12(14)16)8-10-3-2-4-11(13)7-10/h2-4,7H,5-6,8-9,13H2,1H3,(H2,14,16). The van der Waals surface area contributed by atoms with Gasteiger partial charge in [-0.15, -0.1) is 0 Å². The molecule has 0 aliphatic rings. The zero-order valence-corrected chi connectivity index (χ0v) is 12.1. The molecule has 0 saturated carbocycles. The molecule has 0 atom stereocenters. The molecular formula is C12H19N3O4S. The first kappa shape index (κ1) is 16.4. The topological polar surface area (TPSA) is 116 Å². The molecule has 0 aliphatic heterocycles. The Balaban J connectivity index is 2.92. The second kappa shape index (κ2) is 7.22. The van der Waals surface area contributed by atoms with Gasteiger partial charge in [-0.25, -0.2) is 8.42 Å². The van der Waals surface area contributed by atoms with Gasteiger partial charge in [0.15, 0.2) is 0 Å². The van der Waals surface area contributed by atoms with Crippen molar-refractivity contribution in [2.75, 3.05) is 31.7 Å². The van der Waals surface area contributed by atoms with Crippen LogP contribution in [0.15, 0.2) is 24.3 Å². The first-order valence-corrected chi connectivity index (χ1v) is 7.55. The van der Waals surface area contributed by atoms with Gasteiger partial charge >= 0.3 is 0 Å². The summed E-state index contributed by atoms with van der Waals surface area (Å²) in [4.78, 5) is 11.0. The van der Waals surface area contributed by atoms with Crippen LogP contribution in [0.2, 0.25) is 0 Å². The number of amides is 1. The van der Waals surface area contributed by atoms with Gasteiger partial charge in [0.1, 0.15) is 0 Å². The van der Waals surface area contributed by atoms with Crippen LogP contribution in [0.5, 0.6) is 0 Å². The number of nitrogens with zero attached hydrogens (tertiary/aromatic N) is 1. The van der Waals surface area contributed by atoms with Crippen molar-refractivity contribution in [1.82, 2.24) is 4.31 Å². The zero-order chi connectivity index (χ0) is 15.2. The van der Waals surface area contributed by atoms with Crippen molar-refractivity contribution in [2.45, 2.75) is 6.54 Å². The highest BCUT2D eigenvalue weighted by Gasteiger charge is 2.23. The Labute approximate surface area is 118 Å². The fourth-order valence-corrected chi connectivity index (χ4v) is 2.94. The Morgan fingerprint density at radius 1 is 1.40 bits per heavy atom. The van der Waals surface area contributed by atoms with E-state index < -0.39 is 15.9 Å². The molecule has 1 aromatic carbocycles. The van der Waals surface area contributed by atoms with E-state index in [2.05, 4.69) is 0 Å². The van der Waals surface area contributed by atoms with E-state index in [1.807, 2.05) is 0 Å². The third-order valence-corrected chi connectivity index (χ3v) is 4.31. The van der Waals surface area contributed by atoms with Gasteiger partial charge in [-0.1, -0.05) is 12.1 Å². The number of hydrogen-bond donors (Lipinski definition) is 2. The van der Waals surface area contributed by atoms with Crippen LogP contribution in [0.3, 0.4) is 0 Å². The number of carbonyl (C=O) groups is 1. The number of carbonyl (C=O) groups excluding carboxylic acids is 1. The maximum atomic E-state index is 12.1. The SMILES string of the molecule is COCCS(=O)(=O)N(CC(N)=O)Cc1cccc(N)c1. The van der Waals surface area contributed by atoms with Crippen molar-refractivity contribution in [3.8, 4) is 0 Å². The largest absolute Gasteiger partial charge is 0.399 e. The van der Waals surface area contributed by atoms with Crippen molar-refractivity contribution < 1.29 is 17.9 Å². The maximum Gasteiger partial charge on any atom is 0.232 e. The van der Waals surface area contributed by atoms with Crippen molar-refractivity contribution >= 4 is 21.6 Å². The Hall–Kier alpha value is -1.64. The van der Waals surface area contributed by atoms with Gasteiger partial charge in [0.05, 0.1) is 18.9 Å². The van der Waals surface area contributed by atoms with Crippen LogP contribution in [-0.4, -0.2) is 44.6 Å². The molecule has 7 nitrogen and oxygen atoms in total. The molecule has 0 heterocycles. The summed E-state index contributed by atoms with van der Waals surface area (Å²) in [5.41, 5.74) is 12.0. The lowest BCUT2D eigenvalue weighted by Crippen LogP contribution is -2.39. The van der Waals surface area contributed by atoms with Crippen LogP contribution in [0.4, 0.5) is 5.69 Å². The van der Waals surface area contributed by atoms with E-state index in [1.165, 1.54) is 7.11 Å². The van der Waals surface area contributed by atoms with Gasteiger partial charge in [0.2, 0.25) is 15.9 Å². The molecule has 0 aliphatic carbocycles. The molecule has 1 amide bonds. The highest BCUT2D eigenvalue weighted by Crippen LogP contribution is 2.12. The molecule has 1 rings (SSSR count). The van der Waals surface area contributed by atoms with Crippen LogP contribution in [0, 0.1) is 0 Å². The van der Waals surface area contributed by atoms with Crippen molar-refractivity contribution in [2.24, 2.45) is 5.73 Å². The molecule has 0 radical (unpaired) electrons. The van der Waals surface area contributed by atoms with Crippen LogP contribution in [0.25, 0.3) is 0 Å². The molecule has 112 valence electrons. The minimum atomic E-state index is -3.62. The molecule has 0 saturated heterocycles. The molecule has 0 aromatic heterocycles. The number of benzene rings is 1. The first-order chi connectivity index (χ1) is 9.35. The molecule has 1 aromatic rings. The molecule has 4 N–H and O–H groups in total. The number of sulfonamides is 1. The summed E-state index contributed by atoms with van der Waals surface area (Å²) >= 11 is 0. The number of methoxy groups -OCH3 is 1. The minimum Gasteiger partial charge on any atom is -0.399 e. The molecule has 0 spiro atoms. The lowest BCUT2D eigenvalue weighted by Gasteiger charge is -2.20. The average Bonchev–Trinajstić information content (AvgIpc) is 2.35. The predicted molar refractivity (Wildman–Crippen MR) is 76.1 cm³/mol. The van der Waals surface area contributed by atoms with Crippen LogP contribution in [0.1, 0.15) is 5.56 Å². The van der Waals surface area contributed by atoms with Crippen LogP contribution < -0.4 is 11.5 Å². The Bertz CT molecular complexity index is 560. The number of primary amides is 1. The normalized spacial score (nSPS) is 11.7. The summed E-state index contributed by atoms with van der Waals surface area (Å²) < 4.78 is 30.0. The summed E-state index contributed by atoms with van der Waals surface area (Å²) in [5.74, 6) is -0.922. The second-order valence-electron chi connectivity index (χ2n) is 4.29. The molecule has 0 bridgehead atoms. The summed E-state index contributed by atoms with van der Waals surface area (Å²) in [6, 6.07) is 6.80. The number of nitrogen functional groups attached to an aromatic ring is 1. The first-order valence-electron chi connectivity index (χ1n) is 5.94. The molecule has 0 fully saturated rings. The van der Waals surface area contributed by atoms with Gasteiger partial charge < -0.3 is 16.2 Å². The maximum absolute atomic E-state index is 12.1. The summed E-state index contributed by atoms with van der Waals surface area (Å²) in [6.07, 6.45) is 0. The highest BCUT2D eigenvalue weighted by atomic mass is 32.2. The highest BCUT2D eigenvalue weighted by molar-refractivity contribution is 7.89.